The second kappa shape index (κ2) is 5.85. The highest BCUT2D eigenvalue weighted by Gasteiger charge is 2.07. The van der Waals surface area contributed by atoms with Gasteiger partial charge in [-0.05, 0) is 25.6 Å². The van der Waals surface area contributed by atoms with Crippen LogP contribution in [0.4, 0.5) is 5.69 Å². The first-order valence-electron chi connectivity index (χ1n) is 6.61. The second-order valence-electron chi connectivity index (χ2n) is 4.98. The van der Waals surface area contributed by atoms with Gasteiger partial charge < -0.3 is 5.73 Å². The maximum atomic E-state index is 6.10. The number of hydrogen-bond acceptors (Lipinski definition) is 3. The van der Waals surface area contributed by atoms with Crippen LogP contribution in [-0.2, 0) is 6.54 Å². The SMILES string of the molecule is C=C(C)CN(CC)Cc1cc(N)c2ccccc2n1. The van der Waals surface area contributed by atoms with E-state index in [1.54, 1.807) is 0 Å². The fraction of sp³-hybridized carbons (Fsp3) is 0.312. The van der Waals surface area contributed by atoms with Gasteiger partial charge >= 0.3 is 0 Å². The van der Waals surface area contributed by atoms with E-state index in [4.69, 9.17) is 5.73 Å². The summed E-state index contributed by atoms with van der Waals surface area (Å²) in [5, 5.41) is 1.02. The maximum Gasteiger partial charge on any atom is 0.0726 e. The lowest BCUT2D eigenvalue weighted by Gasteiger charge is -2.20. The molecule has 1 heterocycles. The zero-order chi connectivity index (χ0) is 13.8. The van der Waals surface area contributed by atoms with Crippen molar-refractivity contribution >= 4 is 16.6 Å². The Morgan fingerprint density at radius 3 is 2.79 bits per heavy atom. The molecule has 3 heteroatoms. The third-order valence-corrected chi connectivity index (χ3v) is 3.13. The summed E-state index contributed by atoms with van der Waals surface area (Å²) in [5.41, 5.74) is 10.0. The van der Waals surface area contributed by atoms with Crippen LogP contribution in [-0.4, -0.2) is 23.0 Å². The summed E-state index contributed by atoms with van der Waals surface area (Å²) >= 11 is 0. The van der Waals surface area contributed by atoms with Crippen LogP contribution >= 0.6 is 0 Å². The Kier molecular flexibility index (Phi) is 4.17. The zero-order valence-corrected chi connectivity index (χ0v) is 11.7. The first kappa shape index (κ1) is 13.6. The molecule has 3 nitrogen and oxygen atoms in total. The molecule has 100 valence electrons. The molecule has 0 fully saturated rings. The number of fused-ring (bicyclic) bond motifs is 1. The highest BCUT2D eigenvalue weighted by atomic mass is 15.1. The molecule has 1 aromatic heterocycles. The number of hydrogen-bond donors (Lipinski definition) is 1. The van der Waals surface area contributed by atoms with E-state index in [-0.39, 0.29) is 0 Å². The van der Waals surface area contributed by atoms with Crippen molar-refractivity contribution in [2.45, 2.75) is 20.4 Å². The molecule has 0 saturated heterocycles. The lowest BCUT2D eigenvalue weighted by Crippen LogP contribution is -2.25. The molecule has 0 unspecified atom stereocenters. The van der Waals surface area contributed by atoms with Gasteiger partial charge in [0.2, 0.25) is 0 Å². The molecule has 2 aromatic rings. The summed E-state index contributed by atoms with van der Waals surface area (Å²) in [6, 6.07) is 9.96. The van der Waals surface area contributed by atoms with E-state index < -0.39 is 0 Å². The van der Waals surface area contributed by atoms with E-state index in [1.165, 1.54) is 0 Å². The van der Waals surface area contributed by atoms with Crippen molar-refractivity contribution in [2.75, 3.05) is 18.8 Å². The van der Waals surface area contributed by atoms with Gasteiger partial charge in [-0.1, -0.05) is 37.3 Å². The van der Waals surface area contributed by atoms with Crippen molar-refractivity contribution in [3.05, 3.63) is 48.2 Å². The summed E-state index contributed by atoms with van der Waals surface area (Å²) < 4.78 is 0. The number of nitrogens with zero attached hydrogens (tertiary/aromatic N) is 2. The van der Waals surface area contributed by atoms with Crippen molar-refractivity contribution in [3.63, 3.8) is 0 Å². The number of para-hydroxylation sites is 1. The van der Waals surface area contributed by atoms with Crippen LogP contribution in [0.2, 0.25) is 0 Å². The number of anilines is 1. The number of likely N-dealkylation sites (N-methyl/N-ethyl adjacent to an activating group) is 1. The van der Waals surface area contributed by atoms with Gasteiger partial charge in [0.05, 0.1) is 11.2 Å². The van der Waals surface area contributed by atoms with Gasteiger partial charge in [0.1, 0.15) is 0 Å². The Hall–Kier alpha value is -1.87. The number of benzene rings is 1. The van der Waals surface area contributed by atoms with Crippen LogP contribution in [0.1, 0.15) is 19.5 Å². The summed E-state index contributed by atoms with van der Waals surface area (Å²) in [6.07, 6.45) is 0. The van der Waals surface area contributed by atoms with Crippen molar-refractivity contribution in [2.24, 2.45) is 0 Å². The quantitative estimate of drug-likeness (QED) is 0.834. The van der Waals surface area contributed by atoms with E-state index in [2.05, 4.69) is 23.4 Å². The van der Waals surface area contributed by atoms with Crippen molar-refractivity contribution < 1.29 is 0 Å². The molecule has 19 heavy (non-hydrogen) atoms. The van der Waals surface area contributed by atoms with E-state index in [9.17, 15) is 0 Å². The number of pyridine rings is 1. The Labute approximate surface area is 114 Å². The van der Waals surface area contributed by atoms with Crippen LogP contribution in [0.5, 0.6) is 0 Å². The topological polar surface area (TPSA) is 42.1 Å². The third kappa shape index (κ3) is 3.32. The van der Waals surface area contributed by atoms with Gasteiger partial charge in [-0.3, -0.25) is 9.88 Å². The van der Waals surface area contributed by atoms with Gasteiger partial charge in [-0.25, -0.2) is 0 Å². The lowest BCUT2D eigenvalue weighted by molar-refractivity contribution is 0.301. The lowest BCUT2D eigenvalue weighted by atomic mass is 10.1. The Bertz CT molecular complexity index is 590. The van der Waals surface area contributed by atoms with E-state index in [0.29, 0.717) is 0 Å². The highest BCUT2D eigenvalue weighted by molar-refractivity contribution is 5.90. The molecule has 0 aliphatic carbocycles. The number of aromatic nitrogens is 1. The van der Waals surface area contributed by atoms with Crippen LogP contribution < -0.4 is 5.73 Å². The molecule has 0 aliphatic rings. The smallest absolute Gasteiger partial charge is 0.0726 e. The minimum atomic E-state index is 0.798. The normalized spacial score (nSPS) is 11.1. The fourth-order valence-corrected chi connectivity index (χ4v) is 2.23. The first-order valence-corrected chi connectivity index (χ1v) is 6.61. The largest absolute Gasteiger partial charge is 0.398 e. The molecule has 0 amide bonds. The predicted molar refractivity (Wildman–Crippen MR) is 81.9 cm³/mol. The Morgan fingerprint density at radius 1 is 1.37 bits per heavy atom. The summed E-state index contributed by atoms with van der Waals surface area (Å²) in [4.78, 5) is 6.98. The highest BCUT2D eigenvalue weighted by Crippen LogP contribution is 2.20. The fourth-order valence-electron chi connectivity index (χ4n) is 2.23. The first-order chi connectivity index (χ1) is 9.10. The third-order valence-electron chi connectivity index (χ3n) is 3.13. The van der Waals surface area contributed by atoms with Crippen molar-refractivity contribution in [3.8, 4) is 0 Å². The molecular formula is C16H21N3. The van der Waals surface area contributed by atoms with Gasteiger partial charge in [0.25, 0.3) is 0 Å². The monoisotopic (exact) mass is 255 g/mol. The van der Waals surface area contributed by atoms with Crippen molar-refractivity contribution in [1.29, 1.82) is 0 Å². The average molecular weight is 255 g/mol. The van der Waals surface area contributed by atoms with E-state index >= 15 is 0 Å². The second-order valence-corrected chi connectivity index (χ2v) is 4.98. The molecule has 0 radical (unpaired) electrons. The molecule has 0 bridgehead atoms. The molecule has 2 rings (SSSR count). The van der Waals surface area contributed by atoms with Gasteiger partial charge in [0, 0.05) is 24.2 Å². The number of nitrogen functional groups attached to an aromatic ring is 1. The number of nitrogens with two attached hydrogens (primary N) is 1. The van der Waals surface area contributed by atoms with Gasteiger partial charge in [0.15, 0.2) is 0 Å². The minimum absolute atomic E-state index is 0.798. The molecule has 0 atom stereocenters. The van der Waals surface area contributed by atoms with Crippen molar-refractivity contribution in [1.82, 2.24) is 9.88 Å². The summed E-state index contributed by atoms with van der Waals surface area (Å²) in [5.74, 6) is 0. The van der Waals surface area contributed by atoms with Crippen LogP contribution in [0, 0.1) is 0 Å². The van der Waals surface area contributed by atoms with Gasteiger partial charge in [-0.15, -0.1) is 0 Å². The Balaban J connectivity index is 2.27. The molecule has 1 aromatic carbocycles. The minimum Gasteiger partial charge on any atom is -0.398 e. The predicted octanol–water partition coefficient (Wildman–Crippen LogP) is 3.22. The standard InChI is InChI=1S/C16H21N3/c1-4-19(10-12(2)3)11-13-9-15(17)14-7-5-6-8-16(14)18-13/h5-9H,2,4,10-11H2,1,3H3,(H2,17,18). The average Bonchev–Trinajstić information content (AvgIpc) is 2.37. The van der Waals surface area contributed by atoms with E-state index in [0.717, 1.165) is 47.5 Å². The maximum absolute atomic E-state index is 6.10. The van der Waals surface area contributed by atoms with E-state index in [1.807, 2.05) is 37.3 Å². The molecule has 0 aliphatic heterocycles. The molecule has 0 saturated carbocycles. The summed E-state index contributed by atoms with van der Waals surface area (Å²) in [7, 11) is 0. The van der Waals surface area contributed by atoms with Gasteiger partial charge in [-0.2, -0.15) is 0 Å². The molecular weight excluding hydrogens is 234 g/mol. The number of rotatable bonds is 5. The molecule has 2 N–H and O–H groups in total. The summed E-state index contributed by atoms with van der Waals surface area (Å²) in [6.45, 7) is 10.8. The molecule has 0 spiro atoms. The van der Waals surface area contributed by atoms with Crippen LogP contribution in [0.3, 0.4) is 0 Å². The van der Waals surface area contributed by atoms with Crippen LogP contribution in [0.25, 0.3) is 10.9 Å². The zero-order valence-electron chi connectivity index (χ0n) is 11.7. The Morgan fingerprint density at radius 2 is 2.11 bits per heavy atom. The van der Waals surface area contributed by atoms with Crippen LogP contribution in [0.15, 0.2) is 42.5 Å².